The topological polar surface area (TPSA) is 30.5 Å². The van der Waals surface area contributed by atoms with Gasteiger partial charge in [0, 0.05) is 18.3 Å². The molecule has 1 saturated heterocycles. The van der Waals surface area contributed by atoms with Crippen LogP contribution in [0.1, 0.15) is 18.4 Å². The minimum Gasteiger partial charge on any atom is -0.454 e. The fourth-order valence-electron chi connectivity index (χ4n) is 2.21. The minimum absolute atomic E-state index is 0.353. The zero-order valence-corrected chi connectivity index (χ0v) is 10.6. The van der Waals surface area contributed by atoms with Gasteiger partial charge in [-0.2, -0.15) is 11.8 Å². The van der Waals surface area contributed by atoms with Gasteiger partial charge in [-0.3, -0.25) is 0 Å². The van der Waals surface area contributed by atoms with Gasteiger partial charge in [-0.25, -0.2) is 0 Å². The Balaban J connectivity index is 1.57. The third-order valence-corrected chi connectivity index (χ3v) is 4.41. The van der Waals surface area contributed by atoms with E-state index in [4.69, 9.17) is 9.47 Å². The second kappa shape index (κ2) is 5.19. The Hall–Kier alpha value is -0.870. The van der Waals surface area contributed by atoms with Crippen LogP contribution in [0.4, 0.5) is 0 Å². The second-order valence-electron chi connectivity index (χ2n) is 4.48. The van der Waals surface area contributed by atoms with Gasteiger partial charge >= 0.3 is 0 Å². The average Bonchev–Trinajstić information content (AvgIpc) is 2.85. The van der Waals surface area contributed by atoms with Crippen molar-refractivity contribution in [3.05, 3.63) is 23.8 Å². The highest BCUT2D eigenvalue weighted by atomic mass is 32.2. The molecule has 3 rings (SSSR count). The monoisotopic (exact) mass is 251 g/mol. The lowest BCUT2D eigenvalue weighted by atomic mass is 10.1. The molecule has 1 atom stereocenters. The Morgan fingerprint density at radius 3 is 3.12 bits per heavy atom. The van der Waals surface area contributed by atoms with Crippen LogP contribution in [-0.4, -0.2) is 24.3 Å². The smallest absolute Gasteiger partial charge is 0.231 e. The molecule has 0 aromatic heterocycles. The average molecular weight is 251 g/mol. The summed E-state index contributed by atoms with van der Waals surface area (Å²) in [5.74, 6) is 4.30. The van der Waals surface area contributed by atoms with Gasteiger partial charge in [-0.1, -0.05) is 6.07 Å². The van der Waals surface area contributed by atoms with Crippen LogP contribution in [-0.2, 0) is 6.54 Å². The number of benzene rings is 1. The highest BCUT2D eigenvalue weighted by molar-refractivity contribution is 7.99. The quantitative estimate of drug-likeness (QED) is 0.893. The van der Waals surface area contributed by atoms with Crippen LogP contribution in [0.15, 0.2) is 18.2 Å². The van der Waals surface area contributed by atoms with E-state index < -0.39 is 0 Å². The number of fused-ring (bicyclic) bond motifs is 1. The van der Waals surface area contributed by atoms with Gasteiger partial charge in [0.25, 0.3) is 0 Å². The van der Waals surface area contributed by atoms with Crippen LogP contribution in [0.2, 0.25) is 0 Å². The van der Waals surface area contributed by atoms with Crippen molar-refractivity contribution in [2.45, 2.75) is 25.4 Å². The van der Waals surface area contributed by atoms with Crippen LogP contribution < -0.4 is 14.8 Å². The summed E-state index contributed by atoms with van der Waals surface area (Å²) in [5.41, 5.74) is 1.27. The van der Waals surface area contributed by atoms with Gasteiger partial charge in [-0.05, 0) is 36.3 Å². The van der Waals surface area contributed by atoms with Crippen molar-refractivity contribution in [2.75, 3.05) is 18.3 Å². The molecule has 4 heteroatoms. The van der Waals surface area contributed by atoms with Crippen molar-refractivity contribution in [3.8, 4) is 11.5 Å². The van der Waals surface area contributed by atoms with Crippen LogP contribution >= 0.6 is 11.8 Å². The number of ether oxygens (including phenoxy) is 2. The molecule has 1 aromatic carbocycles. The molecule has 2 aliphatic rings. The molecular formula is C13H17NO2S. The van der Waals surface area contributed by atoms with E-state index in [2.05, 4.69) is 29.2 Å². The lowest BCUT2D eigenvalue weighted by molar-refractivity contribution is 0.174. The van der Waals surface area contributed by atoms with E-state index in [0.29, 0.717) is 12.8 Å². The summed E-state index contributed by atoms with van der Waals surface area (Å²) >= 11 is 2.05. The molecule has 0 saturated carbocycles. The number of hydrogen-bond donors (Lipinski definition) is 1. The highest BCUT2D eigenvalue weighted by Gasteiger charge is 2.15. The molecule has 3 nitrogen and oxygen atoms in total. The summed E-state index contributed by atoms with van der Waals surface area (Å²) in [6.45, 7) is 1.27. The van der Waals surface area contributed by atoms with E-state index in [0.717, 1.165) is 18.0 Å². The lowest BCUT2D eigenvalue weighted by Gasteiger charge is -2.22. The summed E-state index contributed by atoms with van der Waals surface area (Å²) in [6.07, 6.45) is 2.64. The first-order valence-corrected chi connectivity index (χ1v) is 7.27. The summed E-state index contributed by atoms with van der Waals surface area (Å²) in [6, 6.07) is 6.84. The first-order valence-electron chi connectivity index (χ1n) is 6.11. The first kappa shape index (κ1) is 11.2. The molecule has 17 heavy (non-hydrogen) atoms. The van der Waals surface area contributed by atoms with Crippen LogP contribution in [0.5, 0.6) is 11.5 Å². The summed E-state index contributed by atoms with van der Waals surface area (Å²) in [7, 11) is 0. The van der Waals surface area contributed by atoms with Gasteiger partial charge in [0.15, 0.2) is 11.5 Å². The standard InChI is InChI=1S/C13H17NO2S/c1-2-11(8-17-5-1)14-7-10-3-4-12-13(6-10)16-9-15-12/h3-4,6,11,14H,1-2,5,7-9H2. The largest absolute Gasteiger partial charge is 0.454 e. The van der Waals surface area contributed by atoms with Crippen LogP contribution in [0, 0.1) is 0 Å². The second-order valence-corrected chi connectivity index (χ2v) is 5.63. The maximum atomic E-state index is 5.38. The van der Waals surface area contributed by atoms with E-state index in [-0.39, 0.29) is 0 Å². The van der Waals surface area contributed by atoms with Crippen molar-refractivity contribution in [2.24, 2.45) is 0 Å². The Labute approximate surface area is 106 Å². The molecule has 1 aromatic rings. The number of hydrogen-bond acceptors (Lipinski definition) is 4. The molecule has 1 fully saturated rings. The van der Waals surface area contributed by atoms with Crippen LogP contribution in [0.25, 0.3) is 0 Å². The van der Waals surface area contributed by atoms with Crippen molar-refractivity contribution in [1.82, 2.24) is 5.32 Å². The molecule has 0 spiro atoms. The minimum atomic E-state index is 0.353. The number of rotatable bonds is 3. The van der Waals surface area contributed by atoms with E-state index in [9.17, 15) is 0 Å². The van der Waals surface area contributed by atoms with Gasteiger partial charge in [0.05, 0.1) is 0 Å². The Kier molecular flexibility index (Phi) is 3.43. The van der Waals surface area contributed by atoms with Gasteiger partial charge in [0.2, 0.25) is 6.79 Å². The molecule has 0 radical (unpaired) electrons. The molecular weight excluding hydrogens is 234 g/mol. The molecule has 1 N–H and O–H groups in total. The van der Waals surface area contributed by atoms with E-state index in [1.165, 1.54) is 29.9 Å². The van der Waals surface area contributed by atoms with Crippen molar-refractivity contribution < 1.29 is 9.47 Å². The fraction of sp³-hybridized carbons (Fsp3) is 0.538. The zero-order chi connectivity index (χ0) is 11.5. The molecule has 92 valence electrons. The Morgan fingerprint density at radius 2 is 2.24 bits per heavy atom. The van der Waals surface area contributed by atoms with Crippen molar-refractivity contribution in [1.29, 1.82) is 0 Å². The van der Waals surface area contributed by atoms with Crippen LogP contribution in [0.3, 0.4) is 0 Å². The van der Waals surface area contributed by atoms with Gasteiger partial charge in [0.1, 0.15) is 0 Å². The molecule has 2 heterocycles. The normalized spacial score (nSPS) is 22.7. The maximum absolute atomic E-state index is 5.38. The molecule has 0 aliphatic carbocycles. The number of nitrogens with one attached hydrogen (secondary N) is 1. The third kappa shape index (κ3) is 2.69. The Bertz CT molecular complexity index is 391. The highest BCUT2D eigenvalue weighted by Crippen LogP contribution is 2.32. The zero-order valence-electron chi connectivity index (χ0n) is 9.78. The molecule has 0 bridgehead atoms. The summed E-state index contributed by atoms with van der Waals surface area (Å²) < 4.78 is 10.7. The SMILES string of the molecule is c1cc2c(cc1CNC1CCCSC1)OCO2. The van der Waals surface area contributed by atoms with E-state index in [1.54, 1.807) is 0 Å². The molecule has 2 aliphatic heterocycles. The first-order chi connectivity index (χ1) is 8.42. The summed E-state index contributed by atoms with van der Waals surface area (Å²) in [5, 5.41) is 3.61. The van der Waals surface area contributed by atoms with Crippen molar-refractivity contribution in [3.63, 3.8) is 0 Å². The van der Waals surface area contributed by atoms with Gasteiger partial charge < -0.3 is 14.8 Å². The summed E-state index contributed by atoms with van der Waals surface area (Å²) in [4.78, 5) is 0. The maximum Gasteiger partial charge on any atom is 0.231 e. The van der Waals surface area contributed by atoms with Gasteiger partial charge in [-0.15, -0.1) is 0 Å². The Morgan fingerprint density at radius 1 is 1.29 bits per heavy atom. The van der Waals surface area contributed by atoms with E-state index >= 15 is 0 Å². The van der Waals surface area contributed by atoms with Crippen molar-refractivity contribution >= 4 is 11.8 Å². The lowest BCUT2D eigenvalue weighted by Crippen LogP contribution is -2.33. The number of thioether (sulfide) groups is 1. The third-order valence-electron chi connectivity index (χ3n) is 3.19. The molecule has 0 amide bonds. The van der Waals surface area contributed by atoms with E-state index in [1.807, 2.05) is 6.07 Å². The molecule has 1 unspecified atom stereocenters. The predicted octanol–water partition coefficient (Wildman–Crippen LogP) is 2.40. The predicted molar refractivity (Wildman–Crippen MR) is 69.8 cm³/mol. The fourth-order valence-corrected chi connectivity index (χ4v) is 3.32.